The number of benzene rings is 1. The van der Waals surface area contributed by atoms with Gasteiger partial charge in [-0.3, -0.25) is 9.59 Å². The number of hydrogen-bond donors (Lipinski definition) is 2. The molecule has 2 N–H and O–H groups in total. The van der Waals surface area contributed by atoms with Crippen molar-refractivity contribution in [3.63, 3.8) is 0 Å². The molecule has 1 aliphatic rings. The summed E-state index contributed by atoms with van der Waals surface area (Å²) in [5, 5.41) is 5.79. The minimum atomic E-state index is -0.285. The molecular formula is C21H28N4O3. The molecule has 7 nitrogen and oxygen atoms in total. The van der Waals surface area contributed by atoms with E-state index < -0.39 is 0 Å². The Labute approximate surface area is 165 Å². The fourth-order valence-corrected chi connectivity index (χ4v) is 3.54. The first-order valence-electron chi connectivity index (χ1n) is 9.79. The highest BCUT2D eigenvalue weighted by molar-refractivity contribution is 6.04. The molecule has 3 rings (SSSR count). The van der Waals surface area contributed by atoms with Gasteiger partial charge >= 0.3 is 0 Å². The van der Waals surface area contributed by atoms with Gasteiger partial charge in [0.1, 0.15) is 5.69 Å². The zero-order valence-corrected chi connectivity index (χ0v) is 16.7. The van der Waals surface area contributed by atoms with Crippen LogP contribution in [-0.2, 0) is 17.7 Å². The molecule has 7 heteroatoms. The van der Waals surface area contributed by atoms with Crippen LogP contribution < -0.4 is 10.6 Å². The monoisotopic (exact) mass is 384 g/mol. The minimum Gasteiger partial charge on any atom is -0.383 e. The van der Waals surface area contributed by atoms with Crippen molar-refractivity contribution in [2.24, 2.45) is 0 Å². The Morgan fingerprint density at radius 3 is 2.75 bits per heavy atom. The number of methoxy groups -OCH3 is 1. The van der Waals surface area contributed by atoms with E-state index in [1.807, 2.05) is 28.8 Å². The van der Waals surface area contributed by atoms with E-state index in [4.69, 9.17) is 4.74 Å². The molecule has 0 spiro atoms. The van der Waals surface area contributed by atoms with Crippen molar-refractivity contribution in [2.75, 3.05) is 25.6 Å². The SMILES string of the molecule is COCCNC(=O)c1nc(C(=O)Nc2ccccc2C(C)C)n2c1CCCC2. The van der Waals surface area contributed by atoms with Crippen LogP contribution in [-0.4, -0.2) is 41.6 Å². The van der Waals surface area contributed by atoms with Crippen LogP contribution in [0.2, 0.25) is 0 Å². The van der Waals surface area contributed by atoms with Gasteiger partial charge in [-0.15, -0.1) is 0 Å². The Hall–Kier alpha value is -2.67. The Bertz CT molecular complexity index is 857. The molecule has 28 heavy (non-hydrogen) atoms. The molecule has 0 saturated carbocycles. The van der Waals surface area contributed by atoms with Crippen LogP contribution in [0, 0.1) is 0 Å². The maximum Gasteiger partial charge on any atom is 0.291 e. The van der Waals surface area contributed by atoms with Gasteiger partial charge in [0.2, 0.25) is 0 Å². The number of imidazole rings is 1. The third-order valence-corrected chi connectivity index (χ3v) is 4.96. The van der Waals surface area contributed by atoms with E-state index in [-0.39, 0.29) is 17.7 Å². The number of carbonyl (C=O) groups excluding carboxylic acids is 2. The minimum absolute atomic E-state index is 0.260. The smallest absolute Gasteiger partial charge is 0.291 e. The first kappa shape index (κ1) is 20.1. The Balaban J connectivity index is 1.87. The van der Waals surface area contributed by atoms with Crippen molar-refractivity contribution >= 4 is 17.5 Å². The molecule has 2 amide bonds. The van der Waals surface area contributed by atoms with Gasteiger partial charge in [0.05, 0.1) is 12.3 Å². The summed E-state index contributed by atoms with van der Waals surface area (Å²) >= 11 is 0. The predicted molar refractivity (Wildman–Crippen MR) is 108 cm³/mol. The highest BCUT2D eigenvalue weighted by Crippen LogP contribution is 2.26. The number of anilines is 1. The maximum atomic E-state index is 13.0. The fraction of sp³-hybridized carbons (Fsp3) is 0.476. The second-order valence-electron chi connectivity index (χ2n) is 7.28. The zero-order chi connectivity index (χ0) is 20.1. The van der Waals surface area contributed by atoms with E-state index in [9.17, 15) is 9.59 Å². The lowest BCUT2D eigenvalue weighted by Gasteiger charge is -2.18. The quantitative estimate of drug-likeness (QED) is 0.719. The molecule has 1 aliphatic heterocycles. The number of nitrogens with one attached hydrogen (secondary N) is 2. The van der Waals surface area contributed by atoms with E-state index in [0.717, 1.165) is 36.2 Å². The molecule has 0 saturated heterocycles. The zero-order valence-electron chi connectivity index (χ0n) is 16.7. The van der Waals surface area contributed by atoms with Gasteiger partial charge in [0.25, 0.3) is 11.8 Å². The van der Waals surface area contributed by atoms with Crippen LogP contribution in [0.3, 0.4) is 0 Å². The predicted octanol–water partition coefficient (Wildman–Crippen LogP) is 2.97. The lowest BCUT2D eigenvalue weighted by molar-refractivity contribution is 0.0931. The van der Waals surface area contributed by atoms with Crippen molar-refractivity contribution in [3.8, 4) is 0 Å². The van der Waals surface area contributed by atoms with Crippen LogP contribution in [0.15, 0.2) is 24.3 Å². The number of para-hydroxylation sites is 1. The number of rotatable bonds is 7. The van der Waals surface area contributed by atoms with Crippen molar-refractivity contribution < 1.29 is 14.3 Å². The number of hydrogen-bond acceptors (Lipinski definition) is 4. The van der Waals surface area contributed by atoms with Crippen LogP contribution in [0.25, 0.3) is 0 Å². The molecule has 1 aromatic heterocycles. The molecule has 0 bridgehead atoms. The fourth-order valence-electron chi connectivity index (χ4n) is 3.54. The van der Waals surface area contributed by atoms with Crippen LogP contribution in [0.4, 0.5) is 5.69 Å². The topological polar surface area (TPSA) is 85.2 Å². The van der Waals surface area contributed by atoms with E-state index in [1.54, 1.807) is 7.11 Å². The molecule has 0 atom stereocenters. The molecule has 0 aliphatic carbocycles. The second kappa shape index (κ2) is 9.01. The molecule has 0 radical (unpaired) electrons. The Morgan fingerprint density at radius 1 is 1.21 bits per heavy atom. The van der Waals surface area contributed by atoms with Gasteiger partial charge in [-0.1, -0.05) is 32.0 Å². The number of carbonyl (C=O) groups is 2. The molecule has 150 valence electrons. The molecule has 0 fully saturated rings. The average Bonchev–Trinajstić information content (AvgIpc) is 3.08. The number of amides is 2. The number of ether oxygens (including phenoxy) is 1. The summed E-state index contributed by atoms with van der Waals surface area (Å²) < 4.78 is 6.87. The summed E-state index contributed by atoms with van der Waals surface area (Å²) in [7, 11) is 1.59. The van der Waals surface area contributed by atoms with E-state index in [1.165, 1.54) is 0 Å². The first-order chi connectivity index (χ1) is 13.5. The van der Waals surface area contributed by atoms with Gasteiger partial charge in [-0.2, -0.15) is 0 Å². The van der Waals surface area contributed by atoms with Crippen molar-refractivity contribution in [3.05, 3.63) is 47.0 Å². The van der Waals surface area contributed by atoms with Gasteiger partial charge < -0.3 is 19.9 Å². The summed E-state index contributed by atoms with van der Waals surface area (Å²) in [6.07, 6.45) is 2.70. The summed E-state index contributed by atoms with van der Waals surface area (Å²) in [6, 6.07) is 7.77. The van der Waals surface area contributed by atoms with Crippen molar-refractivity contribution in [1.82, 2.24) is 14.9 Å². The third-order valence-electron chi connectivity index (χ3n) is 4.96. The number of aromatic nitrogens is 2. The van der Waals surface area contributed by atoms with Gasteiger partial charge in [-0.05, 0) is 36.8 Å². The molecule has 1 aromatic carbocycles. The largest absolute Gasteiger partial charge is 0.383 e. The van der Waals surface area contributed by atoms with E-state index >= 15 is 0 Å². The number of nitrogens with zero attached hydrogens (tertiary/aromatic N) is 2. The van der Waals surface area contributed by atoms with Gasteiger partial charge in [0, 0.05) is 25.9 Å². The summed E-state index contributed by atoms with van der Waals surface area (Å²) in [5.41, 5.74) is 3.03. The standard InChI is InChI=1S/C21H28N4O3/c1-14(2)15-8-4-5-9-16(15)23-21(27)19-24-18(20(26)22-11-13-28-3)17-10-6-7-12-25(17)19/h4-5,8-9,14H,6-7,10-13H2,1-3H3,(H,22,26)(H,23,27). The Morgan fingerprint density at radius 2 is 2.00 bits per heavy atom. The summed E-state index contributed by atoms with van der Waals surface area (Å²) in [4.78, 5) is 30.0. The second-order valence-corrected chi connectivity index (χ2v) is 7.28. The summed E-state index contributed by atoms with van der Waals surface area (Å²) in [5.74, 6) is 0.0366. The van der Waals surface area contributed by atoms with E-state index in [0.29, 0.717) is 31.2 Å². The van der Waals surface area contributed by atoms with Crippen LogP contribution in [0.5, 0.6) is 0 Å². The normalized spacial score (nSPS) is 13.3. The van der Waals surface area contributed by atoms with Crippen molar-refractivity contribution in [2.45, 2.75) is 45.6 Å². The lowest BCUT2D eigenvalue weighted by Crippen LogP contribution is -2.28. The van der Waals surface area contributed by atoms with Gasteiger partial charge in [0.15, 0.2) is 5.82 Å². The maximum absolute atomic E-state index is 13.0. The van der Waals surface area contributed by atoms with E-state index in [2.05, 4.69) is 29.5 Å². The molecule has 0 unspecified atom stereocenters. The highest BCUT2D eigenvalue weighted by atomic mass is 16.5. The van der Waals surface area contributed by atoms with Crippen molar-refractivity contribution in [1.29, 1.82) is 0 Å². The van der Waals surface area contributed by atoms with Gasteiger partial charge in [-0.25, -0.2) is 4.98 Å². The average molecular weight is 384 g/mol. The van der Waals surface area contributed by atoms with Crippen LogP contribution in [0.1, 0.15) is 65.0 Å². The molecular weight excluding hydrogens is 356 g/mol. The molecule has 2 aromatic rings. The summed E-state index contributed by atoms with van der Waals surface area (Å²) in [6.45, 7) is 5.71. The van der Waals surface area contributed by atoms with Crippen LogP contribution >= 0.6 is 0 Å². The third kappa shape index (κ3) is 4.25. The lowest BCUT2D eigenvalue weighted by atomic mass is 10.0. The number of fused-ring (bicyclic) bond motifs is 1. The molecule has 2 heterocycles. The first-order valence-corrected chi connectivity index (χ1v) is 9.79. The Kier molecular flexibility index (Phi) is 6.46. The highest BCUT2D eigenvalue weighted by Gasteiger charge is 2.27.